The van der Waals surface area contributed by atoms with Gasteiger partial charge in [-0.05, 0) is 58.5 Å². The molecule has 1 aliphatic heterocycles. The van der Waals surface area contributed by atoms with Gasteiger partial charge in [-0.1, -0.05) is 111 Å². The van der Waals surface area contributed by atoms with Crippen LogP contribution in [0.4, 0.5) is 4.79 Å². The number of carbonyl (C=O) groups is 4. The normalized spacial score (nSPS) is 16.1. The summed E-state index contributed by atoms with van der Waals surface area (Å²) in [5.74, 6) is 6.51. The highest BCUT2D eigenvalue weighted by molar-refractivity contribution is 6.05. The van der Waals surface area contributed by atoms with Crippen molar-refractivity contribution in [3.63, 3.8) is 0 Å². The third-order valence-corrected chi connectivity index (χ3v) is 12.6. The van der Waals surface area contributed by atoms with Crippen molar-refractivity contribution < 1.29 is 28.7 Å². The molecule has 1 fully saturated rings. The highest BCUT2D eigenvalue weighted by Crippen LogP contribution is 2.33. The third-order valence-electron chi connectivity index (χ3n) is 12.6. The SMILES string of the molecule is C=C[C@H](COC)CN(Cc1nc2c(ccc3cc(-c4ccc(-c5cnc([C@@H]6C#CCCN6C(=O)[C@@H](NC(=O)OC)C(C)C)[nH]5)cc4)ccc32)[nH]1)C(=O)[C@H](NC(=O)C1CCC1)c1ccccc1. The fraction of sp³-hybridized carbons (Fsp3) is 0.346. The van der Waals surface area contributed by atoms with Crippen molar-refractivity contribution >= 4 is 45.6 Å². The molecular formula is C52H56N8O6. The van der Waals surface area contributed by atoms with E-state index in [1.54, 1.807) is 29.2 Å². The Balaban J connectivity index is 1.01. The zero-order valence-corrected chi connectivity index (χ0v) is 37.8. The third kappa shape index (κ3) is 9.86. The summed E-state index contributed by atoms with van der Waals surface area (Å²) in [4.78, 5) is 73.6. The zero-order chi connectivity index (χ0) is 46.3. The van der Waals surface area contributed by atoms with E-state index in [1.165, 1.54) is 7.11 Å². The van der Waals surface area contributed by atoms with E-state index in [-0.39, 0.29) is 42.0 Å². The lowest BCUT2D eigenvalue weighted by atomic mass is 9.84. The standard InChI is InChI=1S/C52H56N8O6/c1-6-33(31-65-4)29-59(50(62)46(36-13-8-7-9-14-36)57-49(61)37-15-12-16-37)30-44-54-41-25-23-39-27-38(22-24-40(39)47(41)56-44)34-18-20-35(21-19-34)42-28-53-48(55-42)43-17-10-11-26-60(43)51(63)45(32(2)3)58-52(64)66-5/h6-9,13-14,18-25,27-28,32-33,37,43,45-46H,1,11-12,15-16,26,29-31H2,2-5H3,(H,53,55)(H,54,56)(H,57,61)(H,58,64)/t33-,43-,45-,46+/m0/s1. The first kappa shape index (κ1) is 45.3. The van der Waals surface area contributed by atoms with Crippen LogP contribution in [0.25, 0.3) is 44.2 Å². The molecule has 1 aliphatic carbocycles. The number of hydrogen-bond donors (Lipinski definition) is 4. The Morgan fingerprint density at radius 3 is 2.41 bits per heavy atom. The largest absolute Gasteiger partial charge is 0.453 e. The molecule has 4 aromatic carbocycles. The molecule has 0 radical (unpaired) electrons. The van der Waals surface area contributed by atoms with E-state index in [0.29, 0.717) is 37.8 Å². The van der Waals surface area contributed by atoms with E-state index >= 15 is 0 Å². The summed E-state index contributed by atoms with van der Waals surface area (Å²) in [6, 6.07) is 25.7. The lowest BCUT2D eigenvalue weighted by Crippen LogP contribution is -2.52. The highest BCUT2D eigenvalue weighted by atomic mass is 16.5. The summed E-state index contributed by atoms with van der Waals surface area (Å²) < 4.78 is 10.2. The summed E-state index contributed by atoms with van der Waals surface area (Å²) in [6.45, 7) is 9.06. The maximum atomic E-state index is 14.6. The molecule has 0 unspecified atom stereocenters. The molecule has 0 bridgehead atoms. The number of rotatable bonds is 17. The molecule has 0 saturated heterocycles. The first-order valence-corrected chi connectivity index (χ1v) is 22.5. The number of imidazole rings is 2. The second-order valence-corrected chi connectivity index (χ2v) is 17.4. The molecule has 0 spiro atoms. The summed E-state index contributed by atoms with van der Waals surface area (Å²) in [7, 11) is 2.90. The van der Waals surface area contributed by atoms with Crippen molar-refractivity contribution in [3.05, 3.63) is 121 Å². The van der Waals surface area contributed by atoms with Crippen molar-refractivity contribution in [2.24, 2.45) is 17.8 Å². The minimum absolute atomic E-state index is 0.0784. The average molecular weight is 889 g/mol. The minimum atomic E-state index is -0.858. The van der Waals surface area contributed by atoms with Gasteiger partial charge in [0.1, 0.15) is 23.7 Å². The van der Waals surface area contributed by atoms with Gasteiger partial charge in [-0.2, -0.15) is 0 Å². The molecule has 4 amide bonds. The number of aromatic nitrogens is 4. The predicted molar refractivity (Wildman–Crippen MR) is 253 cm³/mol. The van der Waals surface area contributed by atoms with E-state index in [2.05, 4.69) is 80.4 Å². The second kappa shape index (κ2) is 20.3. The molecule has 4 atom stereocenters. The number of benzene rings is 4. The van der Waals surface area contributed by atoms with E-state index in [1.807, 2.05) is 62.4 Å². The number of alkyl carbamates (subject to hydrolysis) is 1. The number of nitrogens with one attached hydrogen (secondary N) is 4. The smallest absolute Gasteiger partial charge is 0.407 e. The molecule has 14 nitrogen and oxygen atoms in total. The summed E-state index contributed by atoms with van der Waals surface area (Å²) >= 11 is 0. The van der Waals surface area contributed by atoms with Crippen molar-refractivity contribution in [2.75, 3.05) is 33.9 Å². The Morgan fingerprint density at radius 2 is 1.71 bits per heavy atom. The van der Waals surface area contributed by atoms with Crippen LogP contribution in [0.1, 0.15) is 68.8 Å². The molecule has 3 heterocycles. The van der Waals surface area contributed by atoms with Crippen LogP contribution < -0.4 is 10.6 Å². The Morgan fingerprint density at radius 1 is 0.955 bits per heavy atom. The molecule has 66 heavy (non-hydrogen) atoms. The summed E-state index contributed by atoms with van der Waals surface area (Å²) in [5.41, 5.74) is 6.12. The van der Waals surface area contributed by atoms with Gasteiger partial charge in [-0.3, -0.25) is 14.4 Å². The number of nitrogens with zero attached hydrogens (tertiary/aromatic N) is 4. The molecular weight excluding hydrogens is 833 g/mol. The molecule has 340 valence electrons. The Hall–Kier alpha value is -7.24. The van der Waals surface area contributed by atoms with Crippen molar-refractivity contribution in [2.45, 2.75) is 64.2 Å². The molecule has 2 aromatic heterocycles. The number of carbonyl (C=O) groups excluding carboxylic acids is 4. The first-order valence-electron chi connectivity index (χ1n) is 22.5. The Kier molecular flexibility index (Phi) is 13.9. The maximum absolute atomic E-state index is 14.6. The molecule has 1 saturated carbocycles. The summed E-state index contributed by atoms with van der Waals surface area (Å²) in [5, 5.41) is 7.74. The monoisotopic (exact) mass is 888 g/mol. The highest BCUT2D eigenvalue weighted by Gasteiger charge is 2.36. The molecule has 8 rings (SSSR count). The van der Waals surface area contributed by atoms with Gasteiger partial charge >= 0.3 is 6.09 Å². The summed E-state index contributed by atoms with van der Waals surface area (Å²) in [6.07, 6.45) is 6.07. The van der Waals surface area contributed by atoms with E-state index in [9.17, 15) is 19.2 Å². The molecule has 14 heteroatoms. The van der Waals surface area contributed by atoms with Crippen molar-refractivity contribution in [3.8, 4) is 34.2 Å². The van der Waals surface area contributed by atoms with Crippen LogP contribution in [0, 0.1) is 29.6 Å². The number of ether oxygens (including phenoxy) is 2. The van der Waals surface area contributed by atoms with Crippen molar-refractivity contribution in [1.82, 2.24) is 40.4 Å². The minimum Gasteiger partial charge on any atom is -0.453 e. The number of amides is 4. The molecule has 2 aliphatic rings. The Labute approximate surface area is 384 Å². The van der Waals surface area contributed by atoms with Crippen LogP contribution in [0.3, 0.4) is 0 Å². The van der Waals surface area contributed by atoms with Gasteiger partial charge in [-0.15, -0.1) is 6.58 Å². The van der Waals surface area contributed by atoms with Crippen LogP contribution in [-0.4, -0.2) is 93.5 Å². The molecule has 6 aromatic rings. The van der Waals surface area contributed by atoms with Crippen molar-refractivity contribution in [1.29, 1.82) is 0 Å². The number of H-pyrrole nitrogens is 2. The topological polar surface area (TPSA) is 175 Å². The van der Waals surface area contributed by atoms with Gasteiger partial charge in [-0.25, -0.2) is 14.8 Å². The van der Waals surface area contributed by atoms with Gasteiger partial charge in [0.2, 0.25) is 17.7 Å². The number of methoxy groups -OCH3 is 2. The lowest BCUT2D eigenvalue weighted by Gasteiger charge is -2.33. The predicted octanol–water partition coefficient (Wildman–Crippen LogP) is 7.87. The Bertz CT molecular complexity index is 2780. The number of hydrogen-bond acceptors (Lipinski definition) is 8. The van der Waals surface area contributed by atoms with Crippen LogP contribution in [0.15, 0.2) is 104 Å². The fourth-order valence-electron chi connectivity index (χ4n) is 8.61. The van der Waals surface area contributed by atoms with E-state index in [0.717, 1.165) is 69.0 Å². The van der Waals surface area contributed by atoms with Crippen LogP contribution in [0.2, 0.25) is 0 Å². The number of fused-ring (bicyclic) bond motifs is 3. The zero-order valence-electron chi connectivity index (χ0n) is 37.8. The van der Waals surface area contributed by atoms with Crippen LogP contribution >= 0.6 is 0 Å². The van der Waals surface area contributed by atoms with E-state index < -0.39 is 24.2 Å². The second-order valence-electron chi connectivity index (χ2n) is 17.4. The van der Waals surface area contributed by atoms with Gasteiger partial charge < -0.3 is 39.9 Å². The first-order chi connectivity index (χ1) is 32.0. The fourth-order valence-corrected chi connectivity index (χ4v) is 8.61. The van der Waals surface area contributed by atoms with E-state index in [4.69, 9.17) is 14.5 Å². The van der Waals surface area contributed by atoms with Crippen LogP contribution in [0.5, 0.6) is 0 Å². The number of aromatic amines is 2. The van der Waals surface area contributed by atoms with Gasteiger partial charge in [0.15, 0.2) is 6.04 Å². The average Bonchev–Trinajstić information content (AvgIpc) is 3.99. The quantitative estimate of drug-likeness (QED) is 0.0529. The van der Waals surface area contributed by atoms with Crippen LogP contribution in [-0.2, 0) is 30.4 Å². The molecule has 4 N–H and O–H groups in total. The maximum Gasteiger partial charge on any atom is 0.407 e. The van der Waals surface area contributed by atoms with Gasteiger partial charge in [0.05, 0.1) is 43.2 Å². The lowest BCUT2D eigenvalue weighted by molar-refractivity contribution is -0.139. The van der Waals surface area contributed by atoms with Gasteiger partial charge in [0, 0.05) is 43.8 Å². The van der Waals surface area contributed by atoms with Gasteiger partial charge in [0.25, 0.3) is 0 Å².